The Bertz CT molecular complexity index is 378. The molecule has 1 aromatic rings. The molecule has 0 aliphatic carbocycles. The number of rotatable bonds is 3. The number of alkyl halides is 1. The lowest BCUT2D eigenvalue weighted by Crippen LogP contribution is -2.11. The van der Waals surface area contributed by atoms with Crippen molar-refractivity contribution < 1.29 is 12.8 Å². The van der Waals surface area contributed by atoms with Crippen LogP contribution in [0.1, 0.15) is 0 Å². The fraction of sp³-hybridized carbons (Fsp3) is 0.333. The molecular weight excluding hydrogens is 219 g/mol. The maximum atomic E-state index is 12.3. The largest absolute Gasteiger partial charge is 0.247 e. The highest BCUT2D eigenvalue weighted by Gasteiger charge is 2.16. The molecule has 0 spiro atoms. The van der Waals surface area contributed by atoms with E-state index in [4.69, 9.17) is 11.6 Å². The van der Waals surface area contributed by atoms with Gasteiger partial charge in [0.25, 0.3) is 0 Å². The molecule has 0 saturated heterocycles. The molecular formula is C6H6ClFN2O2S. The molecule has 0 amide bonds. The van der Waals surface area contributed by atoms with E-state index >= 15 is 0 Å². The van der Waals surface area contributed by atoms with Crippen molar-refractivity contribution in [1.29, 1.82) is 0 Å². The van der Waals surface area contributed by atoms with Gasteiger partial charge in [0.05, 0.1) is 18.1 Å². The van der Waals surface area contributed by atoms with Gasteiger partial charge in [-0.15, -0.1) is 11.6 Å². The molecule has 1 heterocycles. The van der Waals surface area contributed by atoms with Crippen molar-refractivity contribution in [1.82, 2.24) is 9.97 Å². The Kier molecular flexibility index (Phi) is 3.16. The Labute approximate surface area is 79.7 Å². The van der Waals surface area contributed by atoms with E-state index in [2.05, 4.69) is 9.97 Å². The average molecular weight is 225 g/mol. The van der Waals surface area contributed by atoms with E-state index in [-0.39, 0.29) is 11.6 Å². The standard InChI is InChI=1S/C6H6ClFN2O2S/c7-1-2-13(11,12)6-9-3-5(8)4-10-6/h3-4H,1-2H2. The van der Waals surface area contributed by atoms with Crippen molar-refractivity contribution in [2.45, 2.75) is 5.16 Å². The third kappa shape index (κ3) is 2.60. The van der Waals surface area contributed by atoms with Crippen LogP contribution in [-0.4, -0.2) is 30.0 Å². The second kappa shape index (κ2) is 3.97. The van der Waals surface area contributed by atoms with Crippen LogP contribution in [0.15, 0.2) is 17.6 Å². The summed E-state index contributed by atoms with van der Waals surface area (Å²) in [5, 5.41) is -0.394. The molecule has 0 aliphatic heterocycles. The van der Waals surface area contributed by atoms with Gasteiger partial charge in [-0.1, -0.05) is 0 Å². The minimum Gasteiger partial charge on any atom is -0.224 e. The van der Waals surface area contributed by atoms with Crippen LogP contribution in [0.2, 0.25) is 0 Å². The molecule has 0 aliphatic rings. The lowest BCUT2D eigenvalue weighted by atomic mass is 10.7. The summed E-state index contributed by atoms with van der Waals surface area (Å²) in [4.78, 5) is 6.67. The predicted octanol–water partition coefficient (Wildman–Crippen LogP) is 0.628. The van der Waals surface area contributed by atoms with Crippen LogP contribution in [-0.2, 0) is 9.84 Å². The number of aromatic nitrogens is 2. The van der Waals surface area contributed by atoms with Gasteiger partial charge < -0.3 is 0 Å². The predicted molar refractivity (Wildman–Crippen MR) is 44.8 cm³/mol. The Balaban J connectivity index is 3.02. The molecule has 72 valence electrons. The van der Waals surface area contributed by atoms with Crippen molar-refractivity contribution in [3.63, 3.8) is 0 Å². The van der Waals surface area contributed by atoms with Crippen LogP contribution in [0.4, 0.5) is 4.39 Å². The summed E-state index contributed by atoms with van der Waals surface area (Å²) in [5.41, 5.74) is 0. The van der Waals surface area contributed by atoms with Crippen molar-refractivity contribution in [2.75, 3.05) is 11.6 Å². The average Bonchev–Trinajstić information content (AvgIpc) is 2.05. The van der Waals surface area contributed by atoms with Crippen molar-refractivity contribution in [3.05, 3.63) is 18.2 Å². The molecule has 0 N–H and O–H groups in total. The molecule has 0 fully saturated rings. The van der Waals surface area contributed by atoms with Crippen LogP contribution in [0.5, 0.6) is 0 Å². The van der Waals surface area contributed by atoms with Crippen LogP contribution in [0.25, 0.3) is 0 Å². The highest BCUT2D eigenvalue weighted by Crippen LogP contribution is 2.04. The molecule has 0 radical (unpaired) electrons. The first-order valence-electron chi connectivity index (χ1n) is 3.32. The molecule has 1 rings (SSSR count). The van der Waals surface area contributed by atoms with Crippen molar-refractivity contribution in [2.24, 2.45) is 0 Å². The van der Waals surface area contributed by atoms with Crippen LogP contribution in [0, 0.1) is 5.82 Å². The molecule has 0 saturated carbocycles. The minimum atomic E-state index is -3.55. The van der Waals surface area contributed by atoms with Gasteiger partial charge in [-0.25, -0.2) is 22.8 Å². The van der Waals surface area contributed by atoms with E-state index < -0.39 is 20.8 Å². The highest BCUT2D eigenvalue weighted by molar-refractivity contribution is 7.91. The number of nitrogens with zero attached hydrogens (tertiary/aromatic N) is 2. The Hall–Kier alpha value is -0.750. The fourth-order valence-corrected chi connectivity index (χ4v) is 2.08. The van der Waals surface area contributed by atoms with Gasteiger partial charge in [0.1, 0.15) is 0 Å². The maximum Gasteiger partial charge on any atom is 0.247 e. The summed E-state index contributed by atoms with van der Waals surface area (Å²) in [6.07, 6.45) is 1.60. The lowest BCUT2D eigenvalue weighted by molar-refractivity contribution is 0.577. The molecule has 4 nitrogen and oxygen atoms in total. The molecule has 0 bridgehead atoms. The monoisotopic (exact) mass is 224 g/mol. The zero-order chi connectivity index (χ0) is 9.90. The minimum absolute atomic E-state index is 0.0386. The van der Waals surface area contributed by atoms with Gasteiger partial charge in [-0.05, 0) is 0 Å². The second-order valence-electron chi connectivity index (χ2n) is 2.19. The smallest absolute Gasteiger partial charge is 0.224 e. The van der Waals surface area contributed by atoms with E-state index in [1.165, 1.54) is 0 Å². The summed E-state index contributed by atoms with van der Waals surface area (Å²) >= 11 is 5.26. The summed E-state index contributed by atoms with van der Waals surface area (Å²) in [6.45, 7) is 0. The van der Waals surface area contributed by atoms with Gasteiger partial charge in [0, 0.05) is 5.88 Å². The Morgan fingerprint density at radius 3 is 2.38 bits per heavy atom. The fourth-order valence-electron chi connectivity index (χ4n) is 0.654. The molecule has 1 aromatic heterocycles. The van der Waals surface area contributed by atoms with Gasteiger partial charge in [0.2, 0.25) is 15.0 Å². The lowest BCUT2D eigenvalue weighted by Gasteiger charge is -1.98. The van der Waals surface area contributed by atoms with Crippen LogP contribution >= 0.6 is 11.6 Å². The summed E-state index contributed by atoms with van der Waals surface area (Å²) in [6, 6.07) is 0. The van der Waals surface area contributed by atoms with Gasteiger partial charge in [0.15, 0.2) is 5.82 Å². The third-order valence-corrected chi connectivity index (χ3v) is 3.14. The molecule has 0 unspecified atom stereocenters. The zero-order valence-corrected chi connectivity index (χ0v) is 8.02. The van der Waals surface area contributed by atoms with E-state index in [0.717, 1.165) is 12.4 Å². The van der Waals surface area contributed by atoms with Crippen LogP contribution < -0.4 is 0 Å². The van der Waals surface area contributed by atoms with E-state index in [0.29, 0.717) is 0 Å². The molecule has 0 atom stereocenters. The first-order valence-corrected chi connectivity index (χ1v) is 5.51. The molecule has 13 heavy (non-hydrogen) atoms. The summed E-state index contributed by atoms with van der Waals surface area (Å²) in [7, 11) is -3.55. The van der Waals surface area contributed by atoms with E-state index in [1.807, 2.05) is 0 Å². The van der Waals surface area contributed by atoms with Gasteiger partial charge >= 0.3 is 0 Å². The second-order valence-corrected chi connectivity index (χ2v) is 4.57. The third-order valence-electron chi connectivity index (χ3n) is 1.22. The molecule has 0 aromatic carbocycles. The summed E-state index contributed by atoms with van der Waals surface area (Å²) in [5.74, 6) is -0.965. The quantitative estimate of drug-likeness (QED) is 0.558. The van der Waals surface area contributed by atoms with E-state index in [1.54, 1.807) is 0 Å². The summed E-state index contributed by atoms with van der Waals surface area (Å²) < 4.78 is 34.7. The van der Waals surface area contributed by atoms with Gasteiger partial charge in [-0.3, -0.25) is 0 Å². The van der Waals surface area contributed by atoms with Gasteiger partial charge in [-0.2, -0.15) is 0 Å². The normalized spacial score (nSPS) is 11.5. The first kappa shape index (κ1) is 10.3. The number of hydrogen-bond acceptors (Lipinski definition) is 4. The Morgan fingerprint density at radius 1 is 1.38 bits per heavy atom. The Morgan fingerprint density at radius 2 is 1.92 bits per heavy atom. The number of sulfone groups is 1. The first-order chi connectivity index (χ1) is 6.06. The van der Waals surface area contributed by atoms with Crippen molar-refractivity contribution in [3.8, 4) is 0 Å². The van der Waals surface area contributed by atoms with Crippen LogP contribution in [0.3, 0.4) is 0 Å². The SMILES string of the molecule is O=S(=O)(CCCl)c1ncc(F)cn1. The maximum absolute atomic E-state index is 12.3. The number of halogens is 2. The molecule has 7 heteroatoms. The zero-order valence-electron chi connectivity index (χ0n) is 6.44. The number of hydrogen-bond donors (Lipinski definition) is 0. The van der Waals surface area contributed by atoms with E-state index in [9.17, 15) is 12.8 Å². The highest BCUT2D eigenvalue weighted by atomic mass is 35.5. The topological polar surface area (TPSA) is 59.9 Å². The van der Waals surface area contributed by atoms with Crippen molar-refractivity contribution >= 4 is 21.4 Å².